The first-order valence-electron chi connectivity index (χ1n) is 3.36. The topological polar surface area (TPSA) is 29.1 Å². The van der Waals surface area contributed by atoms with Crippen LogP contribution in [-0.4, -0.2) is 12.2 Å². The monoisotopic (exact) mass is 165 g/mol. The summed E-state index contributed by atoms with van der Waals surface area (Å²) in [5, 5.41) is 3.20. The Morgan fingerprint density at radius 3 is 3.27 bits per heavy atom. The number of nitrogens with one attached hydrogen (secondary N) is 1. The first-order valence-corrected chi connectivity index (χ1v) is 4.34. The average molecular weight is 165 g/mol. The summed E-state index contributed by atoms with van der Waals surface area (Å²) in [5.41, 5.74) is 1.89. The Kier molecular flexibility index (Phi) is 1.58. The maximum absolute atomic E-state index is 10.4. The van der Waals surface area contributed by atoms with Gasteiger partial charge in [-0.2, -0.15) is 0 Å². The molecular formula is C8H7NOS. The lowest BCUT2D eigenvalue weighted by Gasteiger charge is -1.96. The predicted molar refractivity (Wildman–Crippen MR) is 46.2 cm³/mol. The Morgan fingerprint density at radius 1 is 1.55 bits per heavy atom. The molecule has 0 fully saturated rings. The summed E-state index contributed by atoms with van der Waals surface area (Å²) in [5.74, 6) is 0.914. The van der Waals surface area contributed by atoms with Crippen LogP contribution < -0.4 is 5.32 Å². The van der Waals surface area contributed by atoms with Gasteiger partial charge in [0, 0.05) is 16.1 Å². The smallest absolute Gasteiger partial charge is 0.150 e. The Labute approximate surface area is 69.0 Å². The number of rotatable bonds is 1. The number of hydrogen-bond donors (Lipinski definition) is 1. The summed E-state index contributed by atoms with van der Waals surface area (Å²) in [6, 6.07) is 5.68. The molecule has 0 aliphatic carbocycles. The molecule has 0 unspecified atom stereocenters. The van der Waals surface area contributed by atoms with Crippen LogP contribution in [0, 0.1) is 0 Å². The molecule has 1 aliphatic heterocycles. The van der Waals surface area contributed by atoms with Crippen LogP contribution in [0.25, 0.3) is 0 Å². The Morgan fingerprint density at radius 2 is 2.45 bits per heavy atom. The third kappa shape index (κ3) is 1.12. The summed E-state index contributed by atoms with van der Waals surface area (Å²) in [6.07, 6.45) is 0.874. The maximum Gasteiger partial charge on any atom is 0.150 e. The summed E-state index contributed by atoms with van der Waals surface area (Å²) < 4.78 is 0. The molecule has 56 valence electrons. The SMILES string of the molecule is O=Cc1ccc2c(c1)SCN2. The van der Waals surface area contributed by atoms with Crippen molar-refractivity contribution in [3.8, 4) is 0 Å². The number of thioether (sulfide) groups is 1. The second-order valence-corrected chi connectivity index (χ2v) is 3.36. The molecule has 1 aliphatic rings. The van der Waals surface area contributed by atoms with Crippen LogP contribution in [0.4, 0.5) is 5.69 Å². The Bertz CT molecular complexity index is 298. The molecule has 1 aromatic carbocycles. The molecule has 1 heterocycles. The van der Waals surface area contributed by atoms with Crippen molar-refractivity contribution < 1.29 is 4.79 Å². The highest BCUT2D eigenvalue weighted by Gasteiger charge is 2.09. The van der Waals surface area contributed by atoms with E-state index in [4.69, 9.17) is 0 Å². The van der Waals surface area contributed by atoms with E-state index in [9.17, 15) is 4.79 Å². The summed E-state index contributed by atoms with van der Waals surface area (Å²) in [6.45, 7) is 0. The highest BCUT2D eigenvalue weighted by Crippen LogP contribution is 2.33. The minimum absolute atomic E-state index is 0.750. The highest BCUT2D eigenvalue weighted by atomic mass is 32.2. The fourth-order valence-corrected chi connectivity index (χ4v) is 1.97. The maximum atomic E-state index is 10.4. The number of aldehydes is 1. The van der Waals surface area contributed by atoms with E-state index in [1.165, 1.54) is 4.90 Å². The molecule has 3 heteroatoms. The molecule has 0 saturated heterocycles. The van der Waals surface area contributed by atoms with Crippen LogP contribution in [0.15, 0.2) is 23.1 Å². The molecule has 0 spiro atoms. The predicted octanol–water partition coefficient (Wildman–Crippen LogP) is 1.97. The number of anilines is 1. The number of hydrogen-bond acceptors (Lipinski definition) is 3. The van der Waals surface area contributed by atoms with Gasteiger partial charge in [-0.05, 0) is 18.2 Å². The summed E-state index contributed by atoms with van der Waals surface area (Å²) in [7, 11) is 0. The number of carbonyl (C=O) groups is 1. The first-order chi connectivity index (χ1) is 5.40. The fourth-order valence-electron chi connectivity index (χ4n) is 1.07. The molecule has 11 heavy (non-hydrogen) atoms. The van der Waals surface area contributed by atoms with E-state index in [2.05, 4.69) is 5.32 Å². The molecule has 0 bridgehead atoms. The molecule has 2 rings (SSSR count). The van der Waals surface area contributed by atoms with Crippen molar-refractivity contribution >= 4 is 23.7 Å². The molecular weight excluding hydrogens is 158 g/mol. The molecule has 0 atom stereocenters. The van der Waals surface area contributed by atoms with Crippen LogP contribution in [-0.2, 0) is 0 Å². The van der Waals surface area contributed by atoms with Crippen molar-refractivity contribution in [3.05, 3.63) is 23.8 Å². The largest absolute Gasteiger partial charge is 0.375 e. The summed E-state index contributed by atoms with van der Waals surface area (Å²) >= 11 is 1.73. The Balaban J connectivity index is 2.48. The number of carbonyl (C=O) groups excluding carboxylic acids is 1. The molecule has 2 nitrogen and oxygen atoms in total. The zero-order valence-corrected chi connectivity index (χ0v) is 6.65. The normalized spacial score (nSPS) is 13.8. The van der Waals surface area contributed by atoms with Gasteiger partial charge in [0.25, 0.3) is 0 Å². The quantitative estimate of drug-likeness (QED) is 0.645. The van der Waals surface area contributed by atoms with E-state index in [-0.39, 0.29) is 0 Å². The second-order valence-electron chi connectivity index (χ2n) is 2.34. The first kappa shape index (κ1) is 6.73. The third-order valence-electron chi connectivity index (χ3n) is 1.63. The van der Waals surface area contributed by atoms with Crippen molar-refractivity contribution in [3.63, 3.8) is 0 Å². The minimum atomic E-state index is 0.750. The molecule has 1 N–H and O–H groups in total. The van der Waals surface area contributed by atoms with Gasteiger partial charge < -0.3 is 5.32 Å². The van der Waals surface area contributed by atoms with Gasteiger partial charge in [0.1, 0.15) is 6.29 Å². The lowest BCUT2D eigenvalue weighted by atomic mass is 10.2. The van der Waals surface area contributed by atoms with Gasteiger partial charge >= 0.3 is 0 Å². The zero-order chi connectivity index (χ0) is 7.68. The van der Waals surface area contributed by atoms with E-state index in [0.29, 0.717) is 0 Å². The van der Waals surface area contributed by atoms with Crippen molar-refractivity contribution in [1.82, 2.24) is 0 Å². The van der Waals surface area contributed by atoms with Crippen LogP contribution >= 0.6 is 11.8 Å². The number of benzene rings is 1. The molecule has 0 amide bonds. The van der Waals surface area contributed by atoms with Crippen LogP contribution in [0.3, 0.4) is 0 Å². The molecule has 0 saturated carbocycles. The fraction of sp³-hybridized carbons (Fsp3) is 0.125. The van der Waals surface area contributed by atoms with Crippen molar-refractivity contribution in [2.75, 3.05) is 11.2 Å². The van der Waals surface area contributed by atoms with Crippen molar-refractivity contribution in [1.29, 1.82) is 0 Å². The molecule has 0 radical (unpaired) electrons. The van der Waals surface area contributed by atoms with Crippen molar-refractivity contribution in [2.45, 2.75) is 4.90 Å². The van der Waals surface area contributed by atoms with E-state index in [0.717, 1.165) is 23.4 Å². The highest BCUT2D eigenvalue weighted by molar-refractivity contribution is 7.99. The average Bonchev–Trinajstić information content (AvgIpc) is 2.50. The molecule has 1 aromatic rings. The van der Waals surface area contributed by atoms with E-state index >= 15 is 0 Å². The third-order valence-corrected chi connectivity index (χ3v) is 2.57. The van der Waals surface area contributed by atoms with Crippen LogP contribution in [0.1, 0.15) is 10.4 Å². The van der Waals surface area contributed by atoms with E-state index < -0.39 is 0 Å². The van der Waals surface area contributed by atoms with Gasteiger partial charge in [0.05, 0.1) is 5.88 Å². The van der Waals surface area contributed by atoms with Gasteiger partial charge in [0.15, 0.2) is 0 Å². The lowest BCUT2D eigenvalue weighted by Crippen LogP contribution is -1.88. The standard InChI is InChI=1S/C8H7NOS/c10-4-6-1-2-7-8(3-6)11-5-9-7/h1-4,9H,5H2. The second kappa shape index (κ2) is 2.58. The minimum Gasteiger partial charge on any atom is -0.375 e. The number of fused-ring (bicyclic) bond motifs is 1. The van der Waals surface area contributed by atoms with Crippen LogP contribution in [0.2, 0.25) is 0 Å². The van der Waals surface area contributed by atoms with Gasteiger partial charge in [-0.25, -0.2) is 0 Å². The van der Waals surface area contributed by atoms with Crippen molar-refractivity contribution in [2.24, 2.45) is 0 Å². The van der Waals surface area contributed by atoms with Gasteiger partial charge in [-0.15, -0.1) is 11.8 Å². The Hall–Kier alpha value is -0.960. The van der Waals surface area contributed by atoms with Gasteiger partial charge in [0.2, 0.25) is 0 Å². The van der Waals surface area contributed by atoms with Gasteiger partial charge in [-0.3, -0.25) is 4.79 Å². The lowest BCUT2D eigenvalue weighted by molar-refractivity contribution is 0.112. The zero-order valence-electron chi connectivity index (χ0n) is 5.83. The van der Waals surface area contributed by atoms with Gasteiger partial charge in [-0.1, -0.05) is 0 Å². The van der Waals surface area contributed by atoms with Crippen LogP contribution in [0.5, 0.6) is 0 Å². The summed E-state index contributed by atoms with van der Waals surface area (Å²) in [4.78, 5) is 11.6. The van der Waals surface area contributed by atoms with E-state index in [1.54, 1.807) is 11.8 Å². The molecule has 0 aromatic heterocycles. The van der Waals surface area contributed by atoms with E-state index in [1.807, 2.05) is 18.2 Å².